The maximum Gasteiger partial charge on any atom is 0.124 e. The van der Waals surface area contributed by atoms with Gasteiger partial charge < -0.3 is 13.4 Å². The van der Waals surface area contributed by atoms with Gasteiger partial charge in [-0.2, -0.15) is 0 Å². The number of benzene rings is 4. The Labute approximate surface area is 256 Å². The van der Waals surface area contributed by atoms with Gasteiger partial charge >= 0.3 is 0 Å². The largest absolute Gasteiger partial charge is 0.472 e. The Morgan fingerprint density at radius 3 is 2.18 bits per heavy atom. The molecule has 9 aromatic rings. The van der Waals surface area contributed by atoms with Crippen molar-refractivity contribution in [2.45, 2.75) is 0 Å². The van der Waals surface area contributed by atoms with Crippen molar-refractivity contribution in [3.8, 4) is 49.8 Å². The van der Waals surface area contributed by atoms with Gasteiger partial charge in [0.15, 0.2) is 0 Å². The molecule has 0 fully saturated rings. The first-order chi connectivity index (χ1) is 21.8. The third kappa shape index (κ3) is 4.07. The van der Waals surface area contributed by atoms with Crippen LogP contribution in [0.15, 0.2) is 149 Å². The van der Waals surface area contributed by atoms with Crippen molar-refractivity contribution >= 4 is 43.4 Å². The number of rotatable bonds is 5. The number of fused-ring (bicyclic) bond motifs is 4. The highest BCUT2D eigenvalue weighted by atomic mass is 32.1. The molecule has 0 N–H and O–H groups in total. The fourth-order valence-corrected chi connectivity index (χ4v) is 7.04. The van der Waals surface area contributed by atoms with Gasteiger partial charge in [-0.05, 0) is 77.9 Å². The van der Waals surface area contributed by atoms with Gasteiger partial charge in [0.2, 0.25) is 0 Å². The number of aromatic nitrogens is 3. The van der Waals surface area contributed by atoms with Gasteiger partial charge in [-0.1, -0.05) is 42.5 Å². The molecule has 0 radical (unpaired) electrons. The van der Waals surface area contributed by atoms with E-state index in [1.807, 2.05) is 36.5 Å². The first-order valence-electron chi connectivity index (χ1n) is 14.3. The van der Waals surface area contributed by atoms with Gasteiger partial charge in [-0.3, -0.25) is 4.98 Å². The Hall–Kier alpha value is -5.72. The second kappa shape index (κ2) is 9.93. The van der Waals surface area contributed by atoms with Crippen LogP contribution < -0.4 is 0 Å². The van der Waals surface area contributed by atoms with Crippen LogP contribution in [-0.2, 0) is 0 Å². The predicted octanol–water partition coefficient (Wildman–Crippen LogP) is 10.6. The fourth-order valence-electron chi connectivity index (χ4n) is 6.03. The van der Waals surface area contributed by atoms with Gasteiger partial charge in [0.05, 0.1) is 52.0 Å². The van der Waals surface area contributed by atoms with Crippen molar-refractivity contribution < 1.29 is 8.83 Å². The number of pyridine rings is 1. The molecule has 0 bridgehead atoms. The highest BCUT2D eigenvalue weighted by molar-refractivity contribution is 7.21. The second-order valence-corrected chi connectivity index (χ2v) is 11.8. The topological polar surface area (TPSA) is 57.0 Å². The first kappa shape index (κ1) is 24.8. The molecule has 0 saturated heterocycles. The van der Waals surface area contributed by atoms with Crippen molar-refractivity contribution in [3.05, 3.63) is 140 Å². The van der Waals surface area contributed by atoms with Crippen LogP contribution in [0.1, 0.15) is 0 Å². The van der Waals surface area contributed by atoms with E-state index in [1.165, 1.54) is 10.8 Å². The Morgan fingerprint density at radius 1 is 0.568 bits per heavy atom. The van der Waals surface area contributed by atoms with Crippen LogP contribution >= 0.6 is 11.3 Å². The molecule has 0 spiro atoms. The molecule has 0 amide bonds. The summed E-state index contributed by atoms with van der Waals surface area (Å²) >= 11 is 1.71. The average molecular weight is 586 g/mol. The lowest BCUT2D eigenvalue weighted by Crippen LogP contribution is -1.95. The monoisotopic (exact) mass is 585 g/mol. The average Bonchev–Trinajstić information content (AvgIpc) is 3.90. The van der Waals surface area contributed by atoms with Crippen molar-refractivity contribution in [2.24, 2.45) is 0 Å². The molecule has 5 heterocycles. The summed E-state index contributed by atoms with van der Waals surface area (Å²) in [5.74, 6) is 0. The summed E-state index contributed by atoms with van der Waals surface area (Å²) in [7, 11) is 0. The molecule has 0 aliphatic carbocycles. The standard InChI is InChI=1S/C38H23N3O2S/c1-2-15-39-33(6-1)26-4-3-5-30(18-26)41-35-12-9-24(28-13-16-42-22-28)19-32(35)31-10-7-27(20-36(31)41)38-40-34-11-8-25(21-37(34)44-38)29-14-17-43-23-29/h1-23H. The van der Waals surface area contributed by atoms with Gasteiger partial charge in [0, 0.05) is 44.9 Å². The van der Waals surface area contributed by atoms with Crippen LogP contribution in [0.5, 0.6) is 0 Å². The minimum absolute atomic E-state index is 0.947. The van der Waals surface area contributed by atoms with E-state index in [1.54, 1.807) is 36.4 Å². The van der Waals surface area contributed by atoms with E-state index in [9.17, 15) is 0 Å². The predicted molar refractivity (Wildman–Crippen MR) is 178 cm³/mol. The fraction of sp³-hybridized carbons (Fsp3) is 0. The highest BCUT2D eigenvalue weighted by Gasteiger charge is 2.17. The molecule has 9 rings (SSSR count). The first-order valence-corrected chi connectivity index (χ1v) is 15.2. The van der Waals surface area contributed by atoms with Crippen molar-refractivity contribution in [3.63, 3.8) is 0 Å². The zero-order valence-corrected chi connectivity index (χ0v) is 24.2. The summed E-state index contributed by atoms with van der Waals surface area (Å²) in [6, 6.07) is 38.3. The zero-order valence-electron chi connectivity index (χ0n) is 23.3. The summed E-state index contributed by atoms with van der Waals surface area (Å²) in [5, 5.41) is 3.35. The Kier molecular flexibility index (Phi) is 5.61. The zero-order chi connectivity index (χ0) is 29.0. The Bertz CT molecular complexity index is 2440. The third-order valence-electron chi connectivity index (χ3n) is 8.18. The molecule has 5 aromatic heterocycles. The van der Waals surface area contributed by atoms with Crippen LogP contribution in [0.25, 0.3) is 81.8 Å². The summed E-state index contributed by atoms with van der Waals surface area (Å²) < 4.78 is 14.2. The lowest BCUT2D eigenvalue weighted by Gasteiger charge is -2.11. The van der Waals surface area contributed by atoms with Gasteiger partial charge in [0.1, 0.15) is 5.01 Å². The van der Waals surface area contributed by atoms with Crippen molar-refractivity contribution in [2.75, 3.05) is 0 Å². The second-order valence-electron chi connectivity index (χ2n) is 10.8. The van der Waals surface area contributed by atoms with E-state index < -0.39 is 0 Å². The summed E-state index contributed by atoms with van der Waals surface area (Å²) in [6.07, 6.45) is 8.82. The maximum absolute atomic E-state index is 5.39. The lowest BCUT2D eigenvalue weighted by atomic mass is 10.0. The van der Waals surface area contributed by atoms with E-state index in [0.29, 0.717) is 0 Å². The molecule has 0 aliphatic heterocycles. The molecule has 0 saturated carbocycles. The van der Waals surface area contributed by atoms with Crippen LogP contribution in [0.4, 0.5) is 0 Å². The Balaban J connectivity index is 1.25. The van der Waals surface area contributed by atoms with Crippen LogP contribution in [0.3, 0.4) is 0 Å². The van der Waals surface area contributed by atoms with Gasteiger partial charge in [0.25, 0.3) is 0 Å². The van der Waals surface area contributed by atoms with E-state index in [2.05, 4.69) is 88.4 Å². The molecule has 0 aliphatic rings. The maximum atomic E-state index is 5.39. The molecule has 6 heteroatoms. The van der Waals surface area contributed by atoms with E-state index in [0.717, 1.165) is 71.0 Å². The summed E-state index contributed by atoms with van der Waals surface area (Å²) in [5.41, 5.74) is 11.8. The third-order valence-corrected chi connectivity index (χ3v) is 9.24. The Morgan fingerprint density at radius 2 is 1.39 bits per heavy atom. The van der Waals surface area contributed by atoms with Crippen molar-refractivity contribution in [1.82, 2.24) is 14.5 Å². The molecule has 44 heavy (non-hydrogen) atoms. The van der Waals surface area contributed by atoms with Gasteiger partial charge in [-0.15, -0.1) is 11.3 Å². The quantitative estimate of drug-likeness (QED) is 0.202. The van der Waals surface area contributed by atoms with E-state index in [-0.39, 0.29) is 0 Å². The molecular weight excluding hydrogens is 563 g/mol. The molecule has 0 atom stereocenters. The van der Waals surface area contributed by atoms with Crippen LogP contribution in [-0.4, -0.2) is 14.5 Å². The number of hydrogen-bond donors (Lipinski definition) is 0. The molecule has 4 aromatic carbocycles. The number of furan rings is 2. The van der Waals surface area contributed by atoms with Gasteiger partial charge in [-0.25, -0.2) is 4.98 Å². The van der Waals surface area contributed by atoms with E-state index >= 15 is 0 Å². The minimum Gasteiger partial charge on any atom is -0.472 e. The van der Waals surface area contributed by atoms with E-state index in [4.69, 9.17) is 13.8 Å². The number of nitrogens with zero attached hydrogens (tertiary/aromatic N) is 3. The highest BCUT2D eigenvalue weighted by Crippen LogP contribution is 2.39. The molecule has 0 unspecified atom stereocenters. The molecular formula is C38H23N3O2S. The normalized spacial score (nSPS) is 11.6. The molecule has 5 nitrogen and oxygen atoms in total. The SMILES string of the molecule is c1ccc(-c2cccc(-n3c4ccc(-c5ccoc5)cc4c4ccc(-c5nc6ccc(-c7ccoc7)cc6s5)cc43)c2)nc1. The number of thiazole rings is 1. The number of hydrogen-bond acceptors (Lipinski definition) is 5. The summed E-state index contributed by atoms with van der Waals surface area (Å²) in [4.78, 5) is 9.64. The van der Waals surface area contributed by atoms with Crippen molar-refractivity contribution in [1.29, 1.82) is 0 Å². The summed E-state index contributed by atoms with van der Waals surface area (Å²) in [6.45, 7) is 0. The minimum atomic E-state index is 0.947. The lowest BCUT2D eigenvalue weighted by molar-refractivity contribution is 0.568. The molecule has 208 valence electrons. The van der Waals surface area contributed by atoms with Crippen LogP contribution in [0.2, 0.25) is 0 Å². The van der Waals surface area contributed by atoms with Crippen LogP contribution in [0, 0.1) is 0 Å². The smallest absolute Gasteiger partial charge is 0.124 e.